The smallest absolute Gasteiger partial charge is 0.503 e. The minimum absolute atomic E-state index is 0. The Balaban J connectivity index is -0.00000678. The summed E-state index contributed by atoms with van der Waals surface area (Å²) in [6.07, 6.45) is 28.9. The number of aromatic hydroxyl groups is 2. The maximum Gasteiger partial charge on any atom is 0.503 e. The zero-order valence-corrected chi connectivity index (χ0v) is 51.2. The van der Waals surface area contributed by atoms with Gasteiger partial charge in [-0.25, -0.2) is 4.79 Å². The Labute approximate surface area is 492 Å². The molecule has 0 fully saturated rings. The van der Waals surface area contributed by atoms with Gasteiger partial charge in [0.2, 0.25) is 0 Å². The van der Waals surface area contributed by atoms with Gasteiger partial charge in [0.15, 0.2) is 0 Å². The Hall–Kier alpha value is -3.68. The van der Waals surface area contributed by atoms with Gasteiger partial charge in [0.25, 0.3) is 0 Å². The van der Waals surface area contributed by atoms with E-state index in [-0.39, 0.29) is 56.2 Å². The Kier molecular flexibility index (Phi) is 42.5. The molecule has 0 spiro atoms. The van der Waals surface area contributed by atoms with Crippen LogP contribution < -0.4 is 0 Å². The molecule has 448 valence electrons. The Bertz CT molecular complexity index is 2010. The number of quaternary nitrogens is 2. The second-order valence-electron chi connectivity index (χ2n) is 22.9. The van der Waals surface area contributed by atoms with Gasteiger partial charge in [0.05, 0.1) is 63.7 Å². The van der Waals surface area contributed by atoms with Gasteiger partial charge in [-0.3, -0.25) is 9.98 Å². The minimum Gasteiger partial charge on any atom is -0.507 e. The van der Waals surface area contributed by atoms with Crippen molar-refractivity contribution in [1.82, 2.24) is 0 Å². The number of benzene rings is 3. The SMILES string of the molecule is C.C.C.CCCCC(C)(CCCC)c1cc(C)c(O)c(C=Nc2ccccc2N=Cc2cc(C(C)(CCC[N+](CCCC)(CCCC)CCCC)CCC[N+](CCCC)(CCCC)CCCC)cc(C)c2O)c1.O=C(O)O.[Cr]. The fourth-order valence-electron chi connectivity index (χ4n) is 11.3. The second kappa shape index (κ2) is 42.2. The van der Waals surface area contributed by atoms with E-state index >= 15 is 0 Å². The minimum atomic E-state index is -1.83. The number of phenolic OH excluding ortho intramolecular Hbond substituents is 2. The average Bonchev–Trinajstić information content (AvgIpc) is 3.38. The molecule has 4 N–H and O–H groups in total. The van der Waals surface area contributed by atoms with Crippen molar-refractivity contribution < 1.29 is 51.5 Å². The van der Waals surface area contributed by atoms with E-state index in [1.54, 1.807) is 0 Å². The number of phenols is 2. The first-order valence-electron chi connectivity index (χ1n) is 29.9. The molecular weight excluding hydrogens is 1000 g/mol. The number of carboxylic acid groups (broad SMARTS) is 2. The van der Waals surface area contributed by atoms with Crippen LogP contribution in [0.2, 0.25) is 0 Å². The topological polar surface area (TPSA) is 123 Å². The third-order valence-electron chi connectivity index (χ3n) is 16.4. The van der Waals surface area contributed by atoms with Crippen molar-refractivity contribution >= 4 is 30.0 Å². The van der Waals surface area contributed by atoms with Crippen LogP contribution in [0.25, 0.3) is 0 Å². The molecule has 0 aliphatic heterocycles. The molecule has 0 amide bonds. The van der Waals surface area contributed by atoms with E-state index < -0.39 is 6.16 Å². The average molecular weight is 1130 g/mol. The number of aryl methyl sites for hydroxylation is 2. The molecule has 0 atom stereocenters. The van der Waals surface area contributed by atoms with Crippen molar-refractivity contribution in [1.29, 1.82) is 0 Å². The molecule has 3 aromatic carbocycles. The molecule has 9 nitrogen and oxygen atoms in total. The number of hydrogen-bond acceptors (Lipinski definition) is 5. The molecule has 0 bridgehead atoms. The Morgan fingerprint density at radius 1 is 0.462 bits per heavy atom. The predicted molar refractivity (Wildman–Crippen MR) is 339 cm³/mol. The van der Waals surface area contributed by atoms with Crippen molar-refractivity contribution in [3.05, 3.63) is 81.9 Å². The molecule has 0 heterocycles. The molecule has 0 aromatic heterocycles. The van der Waals surface area contributed by atoms with Crippen molar-refractivity contribution in [2.24, 2.45) is 9.98 Å². The number of aliphatic imine (C=N–C) groups is 2. The van der Waals surface area contributed by atoms with Gasteiger partial charge < -0.3 is 29.4 Å². The van der Waals surface area contributed by atoms with Gasteiger partial charge in [-0.1, -0.05) is 180 Å². The van der Waals surface area contributed by atoms with E-state index in [0.29, 0.717) is 5.75 Å². The first kappa shape index (κ1) is 78.5. The van der Waals surface area contributed by atoms with Gasteiger partial charge in [-0.15, -0.1) is 0 Å². The third-order valence-corrected chi connectivity index (χ3v) is 16.4. The molecule has 3 aromatic rings. The van der Waals surface area contributed by atoms with Gasteiger partial charge in [-0.05, 0) is 148 Å². The standard InChI is InChI=1S/C64H106N4O2.CH2O3.3CH4.Cr/c1-13-21-35-63(11,36-22-14-2)57-47-53(9)61(69)55(49-57)51-65-59-33-29-30-34-60(59)66-52-56-50-58(48-54(10)62(56)70)64(12,37-31-45-67(39-23-15-3,40-24-16-4)41-25-17-5)38-32-46-68(42-26-18-6,43-27-19-7)44-28-20-8;2-1(3)4;;;;/h29-30,33-34,47-52H,13-28,31-32,35-46H2,1-12H3;(H2,2,3,4);3*1H4;/p+2. The van der Waals surface area contributed by atoms with Crippen LogP contribution in [0.4, 0.5) is 16.2 Å². The molecule has 78 heavy (non-hydrogen) atoms. The molecule has 0 unspecified atom stereocenters. The number of rotatable bonds is 38. The monoisotopic (exact) mass is 1130 g/mol. The van der Waals surface area contributed by atoms with Crippen LogP contribution in [0.5, 0.6) is 11.5 Å². The van der Waals surface area contributed by atoms with E-state index in [2.05, 4.69) is 100 Å². The zero-order chi connectivity index (χ0) is 55.0. The van der Waals surface area contributed by atoms with Crippen LogP contribution in [-0.2, 0) is 28.2 Å². The maximum atomic E-state index is 11.7. The van der Waals surface area contributed by atoms with Gasteiger partial charge in [-0.2, -0.15) is 0 Å². The molecule has 10 heteroatoms. The van der Waals surface area contributed by atoms with E-state index in [4.69, 9.17) is 25.0 Å². The van der Waals surface area contributed by atoms with Crippen LogP contribution in [0.3, 0.4) is 0 Å². The normalized spacial score (nSPS) is 11.8. The van der Waals surface area contributed by atoms with Crippen molar-refractivity contribution in [2.75, 3.05) is 52.4 Å². The summed E-state index contributed by atoms with van der Waals surface area (Å²) in [5.74, 6) is 0.577. The van der Waals surface area contributed by atoms with Gasteiger partial charge >= 0.3 is 6.16 Å². The van der Waals surface area contributed by atoms with Crippen LogP contribution in [0.1, 0.15) is 266 Å². The fraction of sp³-hybridized carbons (Fsp3) is 0.691. The van der Waals surface area contributed by atoms with Crippen LogP contribution >= 0.6 is 0 Å². The van der Waals surface area contributed by atoms with Gasteiger partial charge in [0, 0.05) is 40.9 Å². The maximum absolute atomic E-state index is 11.7. The fourth-order valence-corrected chi connectivity index (χ4v) is 11.3. The van der Waals surface area contributed by atoms with Crippen LogP contribution in [0, 0.1) is 13.8 Å². The van der Waals surface area contributed by atoms with Gasteiger partial charge in [0.1, 0.15) is 11.5 Å². The summed E-state index contributed by atoms with van der Waals surface area (Å²) in [5.41, 5.74) is 7.35. The third kappa shape index (κ3) is 26.7. The summed E-state index contributed by atoms with van der Waals surface area (Å²) in [7, 11) is 0. The summed E-state index contributed by atoms with van der Waals surface area (Å²) in [5, 5.41) is 37.0. The van der Waals surface area contributed by atoms with Crippen LogP contribution in [-0.4, -0.2) is 100 Å². The molecule has 0 saturated carbocycles. The first-order chi connectivity index (χ1) is 35.4. The number of hydrogen-bond donors (Lipinski definition) is 4. The molecule has 0 saturated heterocycles. The number of para-hydroxylation sites is 2. The zero-order valence-electron chi connectivity index (χ0n) is 49.9. The Morgan fingerprint density at radius 3 is 0.962 bits per heavy atom. The quantitative estimate of drug-likeness (QED) is 0.0336. The summed E-state index contributed by atoms with van der Waals surface area (Å²) in [4.78, 5) is 18.6. The van der Waals surface area contributed by atoms with Crippen molar-refractivity contribution in [2.45, 2.75) is 257 Å². The van der Waals surface area contributed by atoms with Crippen molar-refractivity contribution in [3.8, 4) is 11.5 Å². The number of carbonyl (C=O) groups is 1. The number of unbranched alkanes of at least 4 members (excludes halogenated alkanes) is 8. The molecular formula is C68H122CrN4O5+2. The largest absolute Gasteiger partial charge is 0.507 e. The number of nitrogens with zero attached hydrogens (tertiary/aromatic N) is 4. The summed E-state index contributed by atoms with van der Waals surface area (Å²) >= 11 is 0. The first-order valence-corrected chi connectivity index (χ1v) is 29.9. The summed E-state index contributed by atoms with van der Waals surface area (Å²) in [6.45, 7) is 38.0. The Morgan fingerprint density at radius 2 is 0.705 bits per heavy atom. The van der Waals surface area contributed by atoms with E-state index in [0.717, 1.165) is 59.3 Å². The van der Waals surface area contributed by atoms with E-state index in [1.807, 2.05) is 43.6 Å². The summed E-state index contributed by atoms with van der Waals surface area (Å²) < 4.78 is 2.54. The molecule has 0 radical (unpaired) electrons. The second-order valence-corrected chi connectivity index (χ2v) is 22.9. The summed E-state index contributed by atoms with van der Waals surface area (Å²) in [6, 6.07) is 16.9. The molecule has 0 aliphatic carbocycles. The van der Waals surface area contributed by atoms with Crippen molar-refractivity contribution in [3.63, 3.8) is 0 Å². The van der Waals surface area contributed by atoms with E-state index in [9.17, 15) is 10.2 Å². The van der Waals surface area contributed by atoms with Crippen LogP contribution in [0.15, 0.2) is 58.5 Å². The molecule has 0 aliphatic rings. The predicted octanol–water partition coefficient (Wildman–Crippen LogP) is 20.2. The van der Waals surface area contributed by atoms with E-state index in [1.165, 1.54) is 188 Å². The molecule has 3 rings (SSSR count).